The van der Waals surface area contributed by atoms with Gasteiger partial charge in [0, 0.05) is 0 Å². The maximum atomic E-state index is 3.38. The first-order chi connectivity index (χ1) is 9.47. The zero-order chi connectivity index (χ0) is 15.1. The van der Waals surface area contributed by atoms with Crippen LogP contribution in [0.1, 0.15) is 67.2 Å². The Hall–Kier alpha value is 0.423. The van der Waals surface area contributed by atoms with Gasteiger partial charge < -0.3 is 24.8 Å². The molecule has 2 aliphatic carbocycles. The fourth-order valence-electron chi connectivity index (χ4n) is 2.38. The first kappa shape index (κ1) is 28.2. The summed E-state index contributed by atoms with van der Waals surface area (Å²) in [5, 5.41) is 0. The second-order valence-corrected chi connectivity index (χ2v) is 6.10. The summed E-state index contributed by atoms with van der Waals surface area (Å²) >= 11 is 0. The van der Waals surface area contributed by atoms with Crippen LogP contribution in [0, 0.1) is 24.0 Å². The van der Waals surface area contributed by atoms with Gasteiger partial charge in [-0.1, -0.05) is 67.2 Å². The monoisotopic (exact) mass is 430 g/mol. The van der Waals surface area contributed by atoms with Gasteiger partial charge in [0.05, 0.1) is 0 Å². The van der Waals surface area contributed by atoms with E-state index in [0.29, 0.717) is 0 Å². The van der Waals surface area contributed by atoms with Crippen LogP contribution in [-0.2, 0) is 26.2 Å². The predicted octanol–water partition coefficient (Wildman–Crippen LogP) is 0.230. The molecule has 0 aromatic heterocycles. The molecule has 0 fully saturated rings. The van der Waals surface area contributed by atoms with Crippen molar-refractivity contribution in [1.82, 2.24) is 0 Å². The maximum Gasteiger partial charge on any atom is 4.00 e. The van der Waals surface area contributed by atoms with E-state index in [1.165, 1.54) is 35.1 Å². The van der Waals surface area contributed by atoms with E-state index in [4.69, 9.17) is 0 Å². The van der Waals surface area contributed by atoms with Gasteiger partial charge in [0.1, 0.15) is 0 Å². The Bertz CT molecular complexity index is 403. The molecule has 0 N–H and O–H groups in total. The largest absolute Gasteiger partial charge is 4.00 e. The van der Waals surface area contributed by atoms with E-state index in [1.807, 2.05) is 0 Å². The van der Waals surface area contributed by atoms with E-state index in [1.54, 1.807) is 0 Å². The first-order valence-corrected chi connectivity index (χ1v) is 8.06. The van der Waals surface area contributed by atoms with E-state index >= 15 is 0 Å². The molecule has 0 saturated heterocycles. The predicted molar refractivity (Wildman–Crippen MR) is 89.2 cm³/mol. The Morgan fingerprint density at radius 3 is 1.30 bits per heavy atom. The van der Waals surface area contributed by atoms with Crippen LogP contribution < -0.4 is 24.8 Å². The number of hydrogen-bond donors (Lipinski definition) is 0. The van der Waals surface area contributed by atoms with Crippen LogP contribution >= 0.6 is 0 Å². The van der Waals surface area contributed by atoms with Gasteiger partial charge in [-0.2, -0.15) is 11.1 Å². The summed E-state index contributed by atoms with van der Waals surface area (Å²) in [6, 6.07) is 0. The molecule has 0 nitrogen and oxygen atoms in total. The molecule has 0 spiro atoms. The van der Waals surface area contributed by atoms with Crippen molar-refractivity contribution in [2.45, 2.75) is 67.2 Å². The molecule has 0 aliphatic heterocycles. The Labute approximate surface area is 175 Å². The summed E-state index contributed by atoms with van der Waals surface area (Å²) < 4.78 is 0. The van der Waals surface area contributed by atoms with Crippen molar-refractivity contribution in [1.29, 1.82) is 0 Å². The van der Waals surface area contributed by atoms with Crippen molar-refractivity contribution in [2.75, 3.05) is 0 Å². The van der Waals surface area contributed by atoms with Crippen LogP contribution in [-0.4, -0.2) is 0 Å². The van der Waals surface area contributed by atoms with Gasteiger partial charge >= 0.3 is 26.2 Å². The summed E-state index contributed by atoms with van der Waals surface area (Å²) in [4.78, 5) is 0. The second kappa shape index (κ2) is 14.7. The molecule has 2 atom stereocenters. The molecule has 2 aliphatic rings. The zero-order valence-electron chi connectivity index (χ0n) is 15.4. The van der Waals surface area contributed by atoms with Crippen molar-refractivity contribution < 1.29 is 51.0 Å². The minimum Gasteiger partial charge on any atom is -1.00 e. The third-order valence-electron chi connectivity index (χ3n) is 4.39. The molecule has 2 unspecified atom stereocenters. The van der Waals surface area contributed by atoms with Gasteiger partial charge in [-0.3, -0.25) is 0 Å². The Kier molecular flexibility index (Phi) is 18.1. The van der Waals surface area contributed by atoms with Crippen LogP contribution in [0.3, 0.4) is 0 Å². The molecule has 0 bridgehead atoms. The number of hydrogen-bond acceptors (Lipinski definition) is 0. The van der Waals surface area contributed by atoms with Gasteiger partial charge in [-0.15, -0.1) is 0 Å². The summed E-state index contributed by atoms with van der Waals surface area (Å²) in [5.41, 5.74) is 5.60. The standard InChI is InChI=1S/2C10H15.2ClH.Zr/c2*1-4-9(3)10-6-5-8(2)7-10;;;/h2*5,9H,4,6H2,1-3H3;2*1H;/q2*-1;;;+4/p-2. The van der Waals surface area contributed by atoms with E-state index in [-0.39, 0.29) is 51.0 Å². The van der Waals surface area contributed by atoms with Gasteiger partial charge in [-0.05, 0) is 11.8 Å². The fraction of sp³-hybridized carbons (Fsp3) is 0.600. The van der Waals surface area contributed by atoms with Crippen molar-refractivity contribution in [2.24, 2.45) is 11.8 Å². The van der Waals surface area contributed by atoms with Gasteiger partial charge in [-0.25, -0.2) is 35.5 Å². The van der Waals surface area contributed by atoms with Crippen molar-refractivity contribution in [3.63, 3.8) is 0 Å². The van der Waals surface area contributed by atoms with Gasteiger partial charge in [0.15, 0.2) is 0 Å². The van der Waals surface area contributed by atoms with Crippen LogP contribution in [0.25, 0.3) is 0 Å². The molecular formula is C20H30Cl2Zr. The Morgan fingerprint density at radius 1 is 0.826 bits per heavy atom. The molecule has 0 aromatic rings. The summed E-state index contributed by atoms with van der Waals surface area (Å²) in [7, 11) is 0. The Balaban J connectivity index is -0.000000308. The molecule has 0 saturated carbocycles. The second-order valence-electron chi connectivity index (χ2n) is 6.10. The Morgan fingerprint density at radius 2 is 1.13 bits per heavy atom. The normalized spacial score (nSPS) is 17.7. The first-order valence-electron chi connectivity index (χ1n) is 8.06. The SMILES string of the molecule is CCC(C)C1=[C-]C(C)=CC1.CCC(C)C1=[C-]C(C)=CC1.[Cl-].[Cl-].[Zr+4]. The van der Waals surface area contributed by atoms with Crippen molar-refractivity contribution in [3.05, 3.63) is 46.6 Å². The fourth-order valence-corrected chi connectivity index (χ4v) is 2.38. The quantitative estimate of drug-likeness (QED) is 0.558. The van der Waals surface area contributed by atoms with Crippen LogP contribution in [0.5, 0.6) is 0 Å². The molecule has 2 rings (SSSR count). The molecule has 23 heavy (non-hydrogen) atoms. The third-order valence-corrected chi connectivity index (χ3v) is 4.39. The summed E-state index contributed by atoms with van der Waals surface area (Å²) in [6.45, 7) is 13.2. The average molecular weight is 433 g/mol. The van der Waals surface area contributed by atoms with Crippen molar-refractivity contribution >= 4 is 0 Å². The minimum absolute atomic E-state index is 0. The van der Waals surface area contributed by atoms with E-state index in [0.717, 1.165) is 24.7 Å². The molecule has 0 aromatic carbocycles. The smallest absolute Gasteiger partial charge is 1.00 e. The van der Waals surface area contributed by atoms with Gasteiger partial charge in [0.25, 0.3) is 0 Å². The van der Waals surface area contributed by atoms with Crippen LogP contribution in [0.4, 0.5) is 0 Å². The zero-order valence-corrected chi connectivity index (χ0v) is 19.4. The van der Waals surface area contributed by atoms with E-state index < -0.39 is 0 Å². The van der Waals surface area contributed by atoms with Crippen LogP contribution in [0.15, 0.2) is 34.4 Å². The molecular weight excluding hydrogens is 402 g/mol. The third kappa shape index (κ3) is 10.1. The molecule has 0 heterocycles. The topological polar surface area (TPSA) is 0 Å². The van der Waals surface area contributed by atoms with Crippen molar-refractivity contribution in [3.8, 4) is 0 Å². The molecule has 3 heteroatoms. The summed E-state index contributed by atoms with van der Waals surface area (Å²) in [6.07, 6.45) is 16.0. The van der Waals surface area contributed by atoms with Crippen LogP contribution in [0.2, 0.25) is 0 Å². The number of rotatable bonds is 4. The maximum absolute atomic E-state index is 3.38. The molecule has 0 radical (unpaired) electrons. The summed E-state index contributed by atoms with van der Waals surface area (Å²) in [5.74, 6) is 1.46. The van der Waals surface area contributed by atoms with E-state index in [2.05, 4.69) is 65.8 Å². The van der Waals surface area contributed by atoms with Gasteiger partial charge in [0.2, 0.25) is 0 Å². The minimum atomic E-state index is 0. The number of allylic oxidation sites excluding steroid dienone is 8. The number of halogens is 2. The average Bonchev–Trinajstić information content (AvgIpc) is 3.06. The molecule has 0 amide bonds. The molecule has 128 valence electrons. The van der Waals surface area contributed by atoms with E-state index in [9.17, 15) is 0 Å².